The van der Waals surface area contributed by atoms with Gasteiger partial charge in [0.15, 0.2) is 5.13 Å². The van der Waals surface area contributed by atoms with Gasteiger partial charge in [0, 0.05) is 17.1 Å². The predicted octanol–water partition coefficient (Wildman–Crippen LogP) is 3.72. The number of amides is 1. The number of aryl methyl sites for hydroxylation is 2. The third kappa shape index (κ3) is 3.60. The highest BCUT2D eigenvalue weighted by molar-refractivity contribution is 7.14. The van der Waals surface area contributed by atoms with Gasteiger partial charge in [-0.3, -0.25) is 10.1 Å². The molecule has 0 aliphatic heterocycles. The van der Waals surface area contributed by atoms with Crippen LogP contribution in [0.1, 0.15) is 28.8 Å². The van der Waals surface area contributed by atoms with Gasteiger partial charge in [0.25, 0.3) is 5.91 Å². The van der Waals surface area contributed by atoms with Crippen molar-refractivity contribution < 1.29 is 4.79 Å². The highest BCUT2D eigenvalue weighted by Gasteiger charge is 2.11. The molecule has 0 bridgehead atoms. The van der Waals surface area contributed by atoms with E-state index < -0.39 is 0 Å². The van der Waals surface area contributed by atoms with E-state index in [2.05, 4.69) is 39.3 Å². The Morgan fingerprint density at radius 3 is 2.65 bits per heavy atom. The SMILES string of the molecule is CCc1ccc(-c2csc(NC(=O)c3ccnc(C)n3)n2)cc1. The van der Waals surface area contributed by atoms with Crippen molar-refractivity contribution in [1.29, 1.82) is 0 Å². The number of aromatic nitrogens is 3. The topological polar surface area (TPSA) is 67.8 Å². The lowest BCUT2D eigenvalue weighted by atomic mass is 10.1. The zero-order valence-corrected chi connectivity index (χ0v) is 13.7. The van der Waals surface area contributed by atoms with Crippen LogP contribution in [-0.4, -0.2) is 20.9 Å². The Balaban J connectivity index is 1.75. The van der Waals surface area contributed by atoms with Gasteiger partial charge in [-0.05, 0) is 25.0 Å². The number of rotatable bonds is 4. The van der Waals surface area contributed by atoms with Crippen LogP contribution >= 0.6 is 11.3 Å². The minimum atomic E-state index is -0.280. The minimum absolute atomic E-state index is 0.280. The van der Waals surface area contributed by atoms with E-state index in [0.717, 1.165) is 17.7 Å². The van der Waals surface area contributed by atoms with E-state index >= 15 is 0 Å². The average molecular weight is 324 g/mol. The fourth-order valence-electron chi connectivity index (χ4n) is 2.12. The van der Waals surface area contributed by atoms with Crippen LogP contribution in [-0.2, 0) is 6.42 Å². The normalized spacial score (nSPS) is 10.5. The van der Waals surface area contributed by atoms with Gasteiger partial charge in [0.05, 0.1) is 5.69 Å². The molecule has 1 N–H and O–H groups in total. The van der Waals surface area contributed by atoms with E-state index in [1.807, 2.05) is 17.5 Å². The van der Waals surface area contributed by atoms with Crippen LogP contribution in [0.2, 0.25) is 0 Å². The molecule has 0 aliphatic rings. The van der Waals surface area contributed by atoms with Crippen LogP contribution < -0.4 is 5.32 Å². The summed E-state index contributed by atoms with van der Waals surface area (Å²) in [6, 6.07) is 9.87. The van der Waals surface area contributed by atoms with Crippen molar-refractivity contribution in [2.24, 2.45) is 0 Å². The summed E-state index contributed by atoms with van der Waals surface area (Å²) in [4.78, 5) is 24.7. The molecule has 2 aromatic heterocycles. The third-order valence-electron chi connectivity index (χ3n) is 3.39. The van der Waals surface area contributed by atoms with Crippen molar-refractivity contribution >= 4 is 22.4 Å². The van der Waals surface area contributed by atoms with Crippen molar-refractivity contribution in [1.82, 2.24) is 15.0 Å². The van der Waals surface area contributed by atoms with Crippen molar-refractivity contribution in [2.45, 2.75) is 20.3 Å². The van der Waals surface area contributed by atoms with Gasteiger partial charge >= 0.3 is 0 Å². The first-order chi connectivity index (χ1) is 11.2. The maximum Gasteiger partial charge on any atom is 0.276 e. The van der Waals surface area contributed by atoms with Gasteiger partial charge in [0.2, 0.25) is 0 Å². The molecule has 2 heterocycles. The van der Waals surface area contributed by atoms with E-state index in [9.17, 15) is 4.79 Å². The average Bonchev–Trinajstić information content (AvgIpc) is 3.03. The first kappa shape index (κ1) is 15.3. The molecule has 1 amide bonds. The summed E-state index contributed by atoms with van der Waals surface area (Å²) in [5.41, 5.74) is 3.52. The Morgan fingerprint density at radius 2 is 1.96 bits per heavy atom. The predicted molar refractivity (Wildman–Crippen MR) is 91.7 cm³/mol. The number of hydrogen-bond donors (Lipinski definition) is 1. The summed E-state index contributed by atoms with van der Waals surface area (Å²) >= 11 is 1.40. The van der Waals surface area contributed by atoms with Crippen LogP contribution in [0.3, 0.4) is 0 Å². The molecular weight excluding hydrogens is 308 g/mol. The fraction of sp³-hybridized carbons (Fsp3) is 0.176. The Bertz CT molecular complexity index is 827. The summed E-state index contributed by atoms with van der Waals surface area (Å²) in [5.74, 6) is 0.284. The minimum Gasteiger partial charge on any atom is -0.296 e. The fourth-order valence-corrected chi connectivity index (χ4v) is 2.83. The molecule has 3 rings (SSSR count). The zero-order valence-electron chi connectivity index (χ0n) is 12.9. The summed E-state index contributed by atoms with van der Waals surface area (Å²) in [5, 5.41) is 5.26. The van der Waals surface area contributed by atoms with Gasteiger partial charge in [-0.2, -0.15) is 0 Å². The van der Waals surface area contributed by atoms with Crippen LogP contribution in [0.15, 0.2) is 41.9 Å². The summed E-state index contributed by atoms with van der Waals surface area (Å²) in [6.07, 6.45) is 2.58. The summed E-state index contributed by atoms with van der Waals surface area (Å²) in [7, 11) is 0. The number of thiazole rings is 1. The van der Waals surface area contributed by atoms with E-state index in [1.165, 1.54) is 16.9 Å². The highest BCUT2D eigenvalue weighted by atomic mass is 32.1. The number of nitrogens with zero attached hydrogens (tertiary/aromatic N) is 3. The molecule has 0 saturated heterocycles. The van der Waals surface area contributed by atoms with Gasteiger partial charge in [-0.1, -0.05) is 31.2 Å². The first-order valence-corrected chi connectivity index (χ1v) is 8.19. The monoisotopic (exact) mass is 324 g/mol. The number of nitrogens with one attached hydrogen (secondary N) is 1. The molecule has 5 nitrogen and oxygen atoms in total. The summed E-state index contributed by atoms with van der Waals surface area (Å²) < 4.78 is 0. The second kappa shape index (κ2) is 6.66. The van der Waals surface area contributed by atoms with Gasteiger partial charge in [-0.25, -0.2) is 15.0 Å². The molecule has 0 unspecified atom stereocenters. The van der Waals surface area contributed by atoms with Crippen LogP contribution in [0.25, 0.3) is 11.3 Å². The van der Waals surface area contributed by atoms with E-state index in [0.29, 0.717) is 16.6 Å². The Kier molecular flexibility index (Phi) is 4.43. The molecule has 0 fully saturated rings. The van der Waals surface area contributed by atoms with Gasteiger partial charge < -0.3 is 0 Å². The molecule has 0 saturated carbocycles. The van der Waals surface area contributed by atoms with Crippen molar-refractivity contribution in [3.63, 3.8) is 0 Å². The van der Waals surface area contributed by atoms with Gasteiger partial charge in [-0.15, -0.1) is 11.3 Å². The van der Waals surface area contributed by atoms with Crippen molar-refractivity contribution in [2.75, 3.05) is 5.32 Å². The van der Waals surface area contributed by atoms with E-state index in [-0.39, 0.29) is 5.91 Å². The maximum absolute atomic E-state index is 12.2. The lowest BCUT2D eigenvalue weighted by Gasteiger charge is -2.01. The maximum atomic E-state index is 12.2. The number of benzene rings is 1. The second-order valence-electron chi connectivity index (χ2n) is 5.03. The number of carbonyl (C=O) groups excluding carboxylic acids is 1. The summed E-state index contributed by atoms with van der Waals surface area (Å²) in [6.45, 7) is 3.87. The second-order valence-corrected chi connectivity index (χ2v) is 5.89. The largest absolute Gasteiger partial charge is 0.296 e. The molecule has 6 heteroatoms. The van der Waals surface area contributed by atoms with Crippen LogP contribution in [0.5, 0.6) is 0 Å². The Labute approximate surface area is 138 Å². The zero-order chi connectivity index (χ0) is 16.2. The van der Waals surface area contributed by atoms with E-state index in [4.69, 9.17) is 0 Å². The van der Waals surface area contributed by atoms with Crippen molar-refractivity contribution in [3.05, 3.63) is 59.0 Å². The van der Waals surface area contributed by atoms with Crippen molar-refractivity contribution in [3.8, 4) is 11.3 Å². The quantitative estimate of drug-likeness (QED) is 0.794. The molecule has 0 atom stereocenters. The number of anilines is 1. The lowest BCUT2D eigenvalue weighted by Crippen LogP contribution is -2.14. The first-order valence-electron chi connectivity index (χ1n) is 7.31. The Morgan fingerprint density at radius 1 is 1.17 bits per heavy atom. The molecule has 1 aromatic carbocycles. The molecule has 3 aromatic rings. The molecule has 23 heavy (non-hydrogen) atoms. The number of hydrogen-bond acceptors (Lipinski definition) is 5. The molecule has 0 spiro atoms. The van der Waals surface area contributed by atoms with Crippen LogP contribution in [0.4, 0.5) is 5.13 Å². The highest BCUT2D eigenvalue weighted by Crippen LogP contribution is 2.25. The smallest absolute Gasteiger partial charge is 0.276 e. The molecule has 0 radical (unpaired) electrons. The van der Waals surface area contributed by atoms with Gasteiger partial charge in [0.1, 0.15) is 11.5 Å². The third-order valence-corrected chi connectivity index (χ3v) is 4.15. The lowest BCUT2D eigenvalue weighted by molar-refractivity contribution is 0.102. The standard InChI is InChI=1S/C17H16N4OS/c1-3-12-4-6-13(7-5-12)15-10-23-17(20-15)21-16(22)14-8-9-18-11(2)19-14/h4-10H,3H2,1-2H3,(H,20,21,22). The molecule has 116 valence electrons. The number of carbonyl (C=O) groups is 1. The Hall–Kier alpha value is -2.60. The molecule has 0 aliphatic carbocycles. The molecular formula is C17H16N4OS. The van der Waals surface area contributed by atoms with E-state index in [1.54, 1.807) is 19.2 Å². The van der Waals surface area contributed by atoms with Crippen LogP contribution in [0, 0.1) is 6.92 Å².